The van der Waals surface area contributed by atoms with Crippen LogP contribution in [0.25, 0.3) is 11.1 Å². The van der Waals surface area contributed by atoms with Gasteiger partial charge in [0.15, 0.2) is 0 Å². The molecule has 0 aliphatic carbocycles. The Hall–Kier alpha value is -1.34. The fourth-order valence-corrected chi connectivity index (χ4v) is 1.95. The number of nitrogens with zero attached hydrogens (tertiary/aromatic N) is 1. The molecule has 2 aromatic rings. The summed E-state index contributed by atoms with van der Waals surface area (Å²) in [6.45, 7) is 4.14. The quantitative estimate of drug-likeness (QED) is 0.704. The number of pyridine rings is 1. The van der Waals surface area contributed by atoms with Gasteiger partial charge in [0.05, 0.1) is 0 Å². The van der Waals surface area contributed by atoms with Crippen LogP contribution in [0.5, 0.6) is 0 Å². The van der Waals surface area contributed by atoms with Gasteiger partial charge in [-0.15, -0.1) is 0 Å². The lowest BCUT2D eigenvalue weighted by atomic mass is 10.0. The lowest BCUT2D eigenvalue weighted by molar-refractivity contribution is 1.14. The van der Waals surface area contributed by atoms with Crippen molar-refractivity contribution in [2.45, 2.75) is 20.3 Å². The van der Waals surface area contributed by atoms with Crippen LogP contribution < -0.4 is 0 Å². The number of aryl methyl sites for hydroxylation is 2. The van der Waals surface area contributed by atoms with Crippen LogP contribution in [0.1, 0.15) is 18.2 Å². The molecule has 82 valence electrons. The fourth-order valence-electron chi connectivity index (χ4n) is 1.76. The van der Waals surface area contributed by atoms with E-state index in [1.807, 2.05) is 19.1 Å². The largest absolute Gasteiger partial charge is 0.241 e. The molecule has 0 atom stereocenters. The van der Waals surface area contributed by atoms with Crippen LogP contribution in [0.2, 0.25) is 5.15 Å². The predicted octanol–water partition coefficient (Wildman–Crippen LogP) is 4.27. The Bertz CT molecular complexity index is 489. The summed E-state index contributed by atoms with van der Waals surface area (Å²) in [6.07, 6.45) is 1.07. The lowest BCUT2D eigenvalue weighted by Gasteiger charge is -2.06. The molecular formula is C14H14ClN. The van der Waals surface area contributed by atoms with Gasteiger partial charge in [0, 0.05) is 11.3 Å². The van der Waals surface area contributed by atoms with Gasteiger partial charge in [-0.05, 0) is 36.6 Å². The molecule has 2 heteroatoms. The monoisotopic (exact) mass is 231 g/mol. The van der Waals surface area contributed by atoms with Gasteiger partial charge in [-0.25, -0.2) is 4.98 Å². The summed E-state index contributed by atoms with van der Waals surface area (Å²) in [5, 5.41) is 0.548. The maximum absolute atomic E-state index is 5.84. The molecule has 0 radical (unpaired) electrons. The van der Waals surface area contributed by atoms with Crippen LogP contribution in [-0.2, 0) is 6.42 Å². The minimum Gasteiger partial charge on any atom is -0.241 e. The Morgan fingerprint density at radius 3 is 2.31 bits per heavy atom. The van der Waals surface area contributed by atoms with E-state index in [9.17, 15) is 0 Å². The average molecular weight is 232 g/mol. The molecule has 0 aliphatic heterocycles. The van der Waals surface area contributed by atoms with Crippen molar-refractivity contribution < 1.29 is 0 Å². The smallest absolute Gasteiger partial charge is 0.129 e. The van der Waals surface area contributed by atoms with E-state index in [1.54, 1.807) is 0 Å². The molecule has 0 amide bonds. The molecule has 1 nitrogen and oxygen atoms in total. The Kier molecular flexibility index (Phi) is 3.25. The van der Waals surface area contributed by atoms with Gasteiger partial charge < -0.3 is 0 Å². The normalized spacial score (nSPS) is 10.4. The van der Waals surface area contributed by atoms with Gasteiger partial charge in [-0.1, -0.05) is 42.8 Å². The third kappa shape index (κ3) is 2.25. The van der Waals surface area contributed by atoms with Gasteiger partial charge >= 0.3 is 0 Å². The van der Waals surface area contributed by atoms with E-state index in [0.717, 1.165) is 17.7 Å². The van der Waals surface area contributed by atoms with Gasteiger partial charge in [0.25, 0.3) is 0 Å². The van der Waals surface area contributed by atoms with Crippen molar-refractivity contribution in [2.24, 2.45) is 0 Å². The highest BCUT2D eigenvalue weighted by Gasteiger charge is 2.03. The first-order chi connectivity index (χ1) is 7.70. The first-order valence-corrected chi connectivity index (χ1v) is 5.81. The second-order valence-corrected chi connectivity index (χ2v) is 4.20. The van der Waals surface area contributed by atoms with Crippen LogP contribution in [0.4, 0.5) is 0 Å². The van der Waals surface area contributed by atoms with Crippen molar-refractivity contribution in [3.8, 4) is 11.1 Å². The van der Waals surface area contributed by atoms with Gasteiger partial charge in [-0.2, -0.15) is 0 Å². The Morgan fingerprint density at radius 2 is 1.75 bits per heavy atom. The average Bonchev–Trinajstić information content (AvgIpc) is 2.29. The summed E-state index contributed by atoms with van der Waals surface area (Å²) in [5.41, 5.74) is 4.66. The fraction of sp³-hybridized carbons (Fsp3) is 0.214. The van der Waals surface area contributed by atoms with Crippen molar-refractivity contribution in [1.29, 1.82) is 0 Å². The maximum Gasteiger partial charge on any atom is 0.129 e. The number of hydrogen-bond donors (Lipinski definition) is 0. The molecule has 0 bridgehead atoms. The molecule has 1 heterocycles. The van der Waals surface area contributed by atoms with Crippen molar-refractivity contribution in [1.82, 2.24) is 4.98 Å². The van der Waals surface area contributed by atoms with E-state index >= 15 is 0 Å². The molecular weight excluding hydrogens is 218 g/mol. The zero-order chi connectivity index (χ0) is 11.5. The first-order valence-electron chi connectivity index (χ1n) is 5.43. The SMILES string of the molecule is CCc1ccc(-c2ccc(Cl)nc2C)cc1. The zero-order valence-electron chi connectivity index (χ0n) is 9.50. The van der Waals surface area contributed by atoms with Gasteiger partial charge in [0.2, 0.25) is 0 Å². The second kappa shape index (κ2) is 4.67. The van der Waals surface area contributed by atoms with E-state index in [0.29, 0.717) is 5.15 Å². The lowest BCUT2D eigenvalue weighted by Crippen LogP contribution is -1.88. The van der Waals surface area contributed by atoms with E-state index in [1.165, 1.54) is 11.1 Å². The molecule has 0 fully saturated rings. The summed E-state index contributed by atoms with van der Waals surface area (Å²) in [5.74, 6) is 0. The number of rotatable bonds is 2. The topological polar surface area (TPSA) is 12.9 Å². The molecule has 0 unspecified atom stereocenters. The van der Waals surface area contributed by atoms with Crippen molar-refractivity contribution in [2.75, 3.05) is 0 Å². The van der Waals surface area contributed by atoms with E-state index < -0.39 is 0 Å². The third-order valence-electron chi connectivity index (χ3n) is 2.73. The standard InChI is InChI=1S/C14H14ClN/c1-3-11-4-6-12(7-5-11)13-8-9-14(15)16-10(13)2/h4-9H,3H2,1-2H3. The summed E-state index contributed by atoms with van der Waals surface area (Å²) in [7, 11) is 0. The third-order valence-corrected chi connectivity index (χ3v) is 2.94. The Balaban J connectivity index is 2.42. The molecule has 16 heavy (non-hydrogen) atoms. The summed E-state index contributed by atoms with van der Waals surface area (Å²) in [6, 6.07) is 12.4. The minimum absolute atomic E-state index is 0.548. The van der Waals surface area contributed by atoms with Crippen LogP contribution in [0.3, 0.4) is 0 Å². The predicted molar refractivity (Wildman–Crippen MR) is 68.8 cm³/mol. The van der Waals surface area contributed by atoms with Crippen molar-refractivity contribution in [3.05, 3.63) is 52.8 Å². The molecule has 1 aromatic carbocycles. The molecule has 0 spiro atoms. The molecule has 1 aromatic heterocycles. The highest BCUT2D eigenvalue weighted by Crippen LogP contribution is 2.24. The first kappa shape index (κ1) is 11.2. The van der Waals surface area contributed by atoms with Crippen LogP contribution in [0, 0.1) is 6.92 Å². The van der Waals surface area contributed by atoms with E-state index in [2.05, 4.69) is 36.2 Å². The number of hydrogen-bond acceptors (Lipinski definition) is 1. The number of aromatic nitrogens is 1. The highest BCUT2D eigenvalue weighted by molar-refractivity contribution is 6.29. The molecule has 0 saturated heterocycles. The summed E-state index contributed by atoms with van der Waals surface area (Å²) in [4.78, 5) is 4.26. The number of halogens is 1. The molecule has 0 saturated carbocycles. The Morgan fingerprint density at radius 1 is 1.06 bits per heavy atom. The molecule has 0 aliphatic rings. The van der Waals surface area contributed by atoms with Crippen molar-refractivity contribution in [3.63, 3.8) is 0 Å². The minimum atomic E-state index is 0.548. The Labute approximate surface area is 101 Å². The maximum atomic E-state index is 5.84. The van der Waals surface area contributed by atoms with Gasteiger partial charge in [0.1, 0.15) is 5.15 Å². The van der Waals surface area contributed by atoms with Crippen molar-refractivity contribution >= 4 is 11.6 Å². The van der Waals surface area contributed by atoms with E-state index in [-0.39, 0.29) is 0 Å². The molecule has 2 rings (SSSR count). The van der Waals surface area contributed by atoms with Crippen LogP contribution in [0.15, 0.2) is 36.4 Å². The molecule has 0 N–H and O–H groups in total. The van der Waals surface area contributed by atoms with E-state index in [4.69, 9.17) is 11.6 Å². The number of benzene rings is 1. The van der Waals surface area contributed by atoms with Crippen LogP contribution in [-0.4, -0.2) is 4.98 Å². The van der Waals surface area contributed by atoms with Gasteiger partial charge in [-0.3, -0.25) is 0 Å². The zero-order valence-corrected chi connectivity index (χ0v) is 10.3. The van der Waals surface area contributed by atoms with Crippen LogP contribution >= 0.6 is 11.6 Å². The summed E-state index contributed by atoms with van der Waals surface area (Å²) < 4.78 is 0. The second-order valence-electron chi connectivity index (χ2n) is 3.82. The highest BCUT2D eigenvalue weighted by atomic mass is 35.5. The summed E-state index contributed by atoms with van der Waals surface area (Å²) >= 11 is 5.84.